The van der Waals surface area contributed by atoms with Gasteiger partial charge in [0.2, 0.25) is 5.95 Å². The van der Waals surface area contributed by atoms with Gasteiger partial charge in [0.05, 0.1) is 5.56 Å². The highest BCUT2D eigenvalue weighted by Crippen LogP contribution is 2.28. The highest BCUT2D eigenvalue weighted by Gasteiger charge is 2.31. The van der Waals surface area contributed by atoms with Gasteiger partial charge in [-0.15, -0.1) is 24.8 Å². The maximum atomic E-state index is 12.3. The summed E-state index contributed by atoms with van der Waals surface area (Å²) in [6.45, 7) is 1.80. The minimum atomic E-state index is -4.38. The van der Waals surface area contributed by atoms with Crippen molar-refractivity contribution in [2.24, 2.45) is 0 Å². The second kappa shape index (κ2) is 7.72. The topological polar surface area (TPSA) is 49.8 Å². The van der Waals surface area contributed by atoms with Crippen LogP contribution in [0.15, 0.2) is 12.4 Å². The smallest absolute Gasteiger partial charge is 0.351 e. The summed E-state index contributed by atoms with van der Waals surface area (Å²) in [6, 6.07) is 0.230. The molecule has 4 nitrogen and oxygen atoms in total. The maximum Gasteiger partial charge on any atom is 0.419 e. The van der Waals surface area contributed by atoms with Crippen LogP contribution in [0.4, 0.5) is 19.1 Å². The molecule has 0 bridgehead atoms. The molecule has 1 saturated heterocycles. The van der Waals surface area contributed by atoms with Crippen molar-refractivity contribution in [2.75, 3.05) is 18.4 Å². The second-order valence-corrected chi connectivity index (χ2v) is 3.96. The maximum absolute atomic E-state index is 12.3. The molecule has 1 aliphatic rings. The van der Waals surface area contributed by atoms with Crippen molar-refractivity contribution < 1.29 is 13.2 Å². The van der Waals surface area contributed by atoms with Crippen LogP contribution in [0.5, 0.6) is 0 Å². The molecule has 2 rings (SSSR count). The van der Waals surface area contributed by atoms with E-state index in [0.717, 1.165) is 38.3 Å². The highest BCUT2D eigenvalue weighted by molar-refractivity contribution is 5.85. The molecule has 2 N–H and O–H groups in total. The van der Waals surface area contributed by atoms with Crippen LogP contribution in [0, 0.1) is 0 Å². The Morgan fingerprint density at radius 2 is 1.63 bits per heavy atom. The van der Waals surface area contributed by atoms with Crippen LogP contribution in [-0.4, -0.2) is 29.1 Å². The third-order valence-corrected chi connectivity index (χ3v) is 2.65. The van der Waals surface area contributed by atoms with Crippen LogP contribution in [0.2, 0.25) is 0 Å². The number of rotatable bonds is 2. The molecule has 1 aromatic heterocycles. The lowest BCUT2D eigenvalue weighted by molar-refractivity contribution is -0.138. The predicted octanol–water partition coefficient (Wildman–Crippen LogP) is 2.50. The van der Waals surface area contributed by atoms with Crippen molar-refractivity contribution in [1.82, 2.24) is 15.3 Å². The minimum Gasteiger partial charge on any atom is -0.351 e. The first-order valence-corrected chi connectivity index (χ1v) is 5.42. The Hall–Kier alpha value is -0.790. The van der Waals surface area contributed by atoms with Crippen LogP contribution < -0.4 is 10.6 Å². The number of nitrogens with one attached hydrogen (secondary N) is 2. The van der Waals surface area contributed by atoms with Gasteiger partial charge in [0.1, 0.15) is 0 Å². The molecule has 0 spiro atoms. The fourth-order valence-electron chi connectivity index (χ4n) is 1.70. The van der Waals surface area contributed by atoms with Crippen LogP contribution in [-0.2, 0) is 6.18 Å². The van der Waals surface area contributed by atoms with Gasteiger partial charge in [-0.3, -0.25) is 0 Å². The van der Waals surface area contributed by atoms with Crippen molar-refractivity contribution in [3.8, 4) is 0 Å². The number of piperidine rings is 1. The largest absolute Gasteiger partial charge is 0.419 e. The fraction of sp³-hybridized carbons (Fsp3) is 0.600. The average Bonchev–Trinajstić information content (AvgIpc) is 2.30. The van der Waals surface area contributed by atoms with Gasteiger partial charge >= 0.3 is 6.18 Å². The van der Waals surface area contributed by atoms with E-state index in [4.69, 9.17) is 0 Å². The van der Waals surface area contributed by atoms with Crippen molar-refractivity contribution in [3.05, 3.63) is 18.0 Å². The van der Waals surface area contributed by atoms with Crippen LogP contribution in [0.25, 0.3) is 0 Å². The van der Waals surface area contributed by atoms with Crippen LogP contribution >= 0.6 is 24.8 Å². The van der Waals surface area contributed by atoms with Crippen LogP contribution in [0.1, 0.15) is 18.4 Å². The number of aromatic nitrogens is 2. The van der Waals surface area contributed by atoms with E-state index >= 15 is 0 Å². The second-order valence-electron chi connectivity index (χ2n) is 3.96. The number of anilines is 1. The van der Waals surface area contributed by atoms with Gasteiger partial charge in [0.15, 0.2) is 0 Å². The number of halogens is 5. The van der Waals surface area contributed by atoms with E-state index < -0.39 is 11.7 Å². The van der Waals surface area contributed by atoms with Gasteiger partial charge in [-0.2, -0.15) is 13.2 Å². The van der Waals surface area contributed by atoms with Gasteiger partial charge in [-0.05, 0) is 25.9 Å². The first kappa shape index (κ1) is 18.2. The summed E-state index contributed by atoms with van der Waals surface area (Å²) in [5.41, 5.74) is -0.826. The summed E-state index contributed by atoms with van der Waals surface area (Å²) in [5.74, 6) is 0.255. The molecule has 9 heteroatoms. The van der Waals surface area contributed by atoms with Crippen LogP contribution in [0.3, 0.4) is 0 Å². The Bertz CT molecular complexity index is 366. The third-order valence-electron chi connectivity index (χ3n) is 2.65. The molecular weight excluding hydrogens is 304 g/mol. The molecule has 0 unspecified atom stereocenters. The summed E-state index contributed by atoms with van der Waals surface area (Å²) >= 11 is 0. The fourth-order valence-corrected chi connectivity index (χ4v) is 1.70. The van der Waals surface area contributed by atoms with Crippen molar-refractivity contribution >= 4 is 30.8 Å². The molecule has 1 fully saturated rings. The van der Waals surface area contributed by atoms with E-state index in [1.807, 2.05) is 0 Å². The predicted molar refractivity (Wildman–Crippen MR) is 71.0 cm³/mol. The number of hydrogen-bond donors (Lipinski definition) is 2. The Kier molecular flexibility index (Phi) is 7.39. The van der Waals surface area contributed by atoms with E-state index in [9.17, 15) is 13.2 Å². The molecular formula is C10H15Cl2F3N4. The molecule has 0 aliphatic carbocycles. The number of nitrogens with zero attached hydrogens (tertiary/aromatic N) is 2. The molecule has 0 amide bonds. The first-order chi connectivity index (χ1) is 8.05. The van der Waals surface area contributed by atoms with E-state index in [-0.39, 0.29) is 36.8 Å². The lowest BCUT2D eigenvalue weighted by Crippen LogP contribution is -2.35. The summed E-state index contributed by atoms with van der Waals surface area (Å²) in [6.07, 6.45) is -0.936. The summed E-state index contributed by atoms with van der Waals surface area (Å²) < 4.78 is 36.8. The number of hydrogen-bond acceptors (Lipinski definition) is 4. The Balaban J connectivity index is 0.00000162. The molecule has 0 radical (unpaired) electrons. The molecule has 0 atom stereocenters. The molecule has 1 aliphatic heterocycles. The molecule has 0 aromatic carbocycles. The Morgan fingerprint density at radius 3 is 2.11 bits per heavy atom. The lowest BCUT2D eigenvalue weighted by Gasteiger charge is -2.23. The Morgan fingerprint density at radius 1 is 1.11 bits per heavy atom. The Labute approximate surface area is 121 Å². The monoisotopic (exact) mass is 318 g/mol. The van der Waals surface area contributed by atoms with Gasteiger partial charge in [-0.1, -0.05) is 0 Å². The average molecular weight is 319 g/mol. The van der Waals surface area contributed by atoms with Gasteiger partial charge in [-0.25, -0.2) is 9.97 Å². The lowest BCUT2D eigenvalue weighted by atomic mass is 10.1. The minimum absolute atomic E-state index is 0. The first-order valence-electron chi connectivity index (χ1n) is 5.42. The zero-order valence-electron chi connectivity index (χ0n) is 9.91. The normalized spacial score (nSPS) is 16.2. The zero-order chi connectivity index (χ0) is 12.3. The van der Waals surface area contributed by atoms with Gasteiger partial charge < -0.3 is 10.6 Å². The number of alkyl halides is 3. The van der Waals surface area contributed by atoms with E-state index in [1.54, 1.807) is 0 Å². The molecule has 0 saturated carbocycles. The summed E-state index contributed by atoms with van der Waals surface area (Å²) in [5, 5.41) is 6.23. The molecule has 19 heavy (non-hydrogen) atoms. The van der Waals surface area contributed by atoms with E-state index in [2.05, 4.69) is 20.6 Å². The van der Waals surface area contributed by atoms with E-state index in [0.29, 0.717) is 0 Å². The summed E-state index contributed by atoms with van der Waals surface area (Å²) in [7, 11) is 0. The standard InChI is InChI=1S/C10H13F3N4.2ClH/c11-10(12,13)7-5-15-9(16-6-7)17-8-1-3-14-4-2-8;;/h5-6,8,14H,1-4H2,(H,15,16,17);2*1H. The quantitative estimate of drug-likeness (QED) is 0.879. The SMILES string of the molecule is Cl.Cl.FC(F)(F)c1cnc(NC2CCNCC2)nc1. The highest BCUT2D eigenvalue weighted by atomic mass is 35.5. The van der Waals surface area contributed by atoms with Crippen molar-refractivity contribution in [1.29, 1.82) is 0 Å². The van der Waals surface area contributed by atoms with Crippen molar-refractivity contribution in [2.45, 2.75) is 25.1 Å². The molecule has 1 aromatic rings. The third kappa shape index (κ3) is 5.38. The van der Waals surface area contributed by atoms with Crippen molar-refractivity contribution in [3.63, 3.8) is 0 Å². The zero-order valence-corrected chi connectivity index (χ0v) is 11.5. The molecule has 110 valence electrons. The van der Waals surface area contributed by atoms with Gasteiger partial charge in [0, 0.05) is 18.4 Å². The summed E-state index contributed by atoms with van der Waals surface area (Å²) in [4.78, 5) is 7.35. The van der Waals surface area contributed by atoms with Gasteiger partial charge in [0.25, 0.3) is 0 Å². The van der Waals surface area contributed by atoms with E-state index in [1.165, 1.54) is 0 Å². The molecule has 2 heterocycles.